The molecule has 2 aromatic rings. The number of nitrogens with zero attached hydrogens (tertiary/aromatic N) is 2. The van der Waals surface area contributed by atoms with Crippen molar-refractivity contribution < 1.29 is 9.47 Å². The highest BCUT2D eigenvalue weighted by molar-refractivity contribution is 14.0. The molecule has 1 unspecified atom stereocenters. The van der Waals surface area contributed by atoms with Gasteiger partial charge in [-0.05, 0) is 25.5 Å². The van der Waals surface area contributed by atoms with Crippen LogP contribution >= 0.6 is 24.0 Å². The average molecular weight is 538 g/mol. The van der Waals surface area contributed by atoms with Crippen LogP contribution in [0.3, 0.4) is 0 Å². The van der Waals surface area contributed by atoms with Crippen molar-refractivity contribution in [1.82, 2.24) is 15.5 Å². The summed E-state index contributed by atoms with van der Waals surface area (Å²) in [7, 11) is 1.81. The molecule has 0 aliphatic carbocycles. The SMILES string of the molecule is CCOc1ccccc1CNC(=NC)NCC(c1cccc(C)c1)N1CCOCC1.I. The topological polar surface area (TPSA) is 58.1 Å². The van der Waals surface area contributed by atoms with Gasteiger partial charge in [0, 0.05) is 38.8 Å². The molecular formula is C24H35IN4O2. The fourth-order valence-corrected chi connectivity index (χ4v) is 3.76. The molecule has 0 bridgehead atoms. The summed E-state index contributed by atoms with van der Waals surface area (Å²) in [5.74, 6) is 1.70. The second-order valence-electron chi connectivity index (χ2n) is 7.43. The monoisotopic (exact) mass is 538 g/mol. The van der Waals surface area contributed by atoms with E-state index in [0.29, 0.717) is 13.2 Å². The molecule has 170 valence electrons. The second-order valence-corrected chi connectivity index (χ2v) is 7.43. The highest BCUT2D eigenvalue weighted by atomic mass is 127. The van der Waals surface area contributed by atoms with E-state index in [9.17, 15) is 0 Å². The van der Waals surface area contributed by atoms with E-state index in [0.717, 1.165) is 50.1 Å². The molecule has 0 aromatic heterocycles. The zero-order valence-corrected chi connectivity index (χ0v) is 21.1. The number of guanidine groups is 1. The fourth-order valence-electron chi connectivity index (χ4n) is 3.76. The summed E-state index contributed by atoms with van der Waals surface area (Å²) in [6, 6.07) is 17.1. The highest BCUT2D eigenvalue weighted by Crippen LogP contribution is 2.22. The van der Waals surface area contributed by atoms with Crippen LogP contribution in [0.2, 0.25) is 0 Å². The predicted octanol–water partition coefficient (Wildman–Crippen LogP) is 3.75. The van der Waals surface area contributed by atoms with Gasteiger partial charge in [-0.3, -0.25) is 9.89 Å². The fraction of sp³-hybridized carbons (Fsp3) is 0.458. The summed E-state index contributed by atoms with van der Waals surface area (Å²) in [6.07, 6.45) is 0. The van der Waals surface area contributed by atoms with E-state index in [-0.39, 0.29) is 30.0 Å². The Morgan fingerprint density at radius 3 is 2.61 bits per heavy atom. The van der Waals surface area contributed by atoms with Gasteiger partial charge >= 0.3 is 0 Å². The number of nitrogens with one attached hydrogen (secondary N) is 2. The van der Waals surface area contributed by atoms with Gasteiger partial charge in [-0.2, -0.15) is 0 Å². The van der Waals surface area contributed by atoms with Crippen LogP contribution in [0.25, 0.3) is 0 Å². The van der Waals surface area contributed by atoms with Gasteiger partial charge in [-0.1, -0.05) is 48.0 Å². The molecule has 1 atom stereocenters. The minimum atomic E-state index is 0. The van der Waals surface area contributed by atoms with E-state index in [1.165, 1.54) is 11.1 Å². The molecule has 0 saturated carbocycles. The van der Waals surface area contributed by atoms with Crippen molar-refractivity contribution in [3.63, 3.8) is 0 Å². The number of hydrogen-bond acceptors (Lipinski definition) is 4. The largest absolute Gasteiger partial charge is 0.494 e. The van der Waals surface area contributed by atoms with E-state index < -0.39 is 0 Å². The Morgan fingerprint density at radius 2 is 1.90 bits per heavy atom. The Kier molecular flexibility index (Phi) is 11.1. The maximum absolute atomic E-state index is 5.73. The van der Waals surface area contributed by atoms with Crippen LogP contribution in [-0.2, 0) is 11.3 Å². The van der Waals surface area contributed by atoms with E-state index in [4.69, 9.17) is 9.47 Å². The first kappa shape index (κ1) is 25.4. The van der Waals surface area contributed by atoms with Crippen molar-refractivity contribution >= 4 is 29.9 Å². The summed E-state index contributed by atoms with van der Waals surface area (Å²) in [5.41, 5.74) is 3.72. The number of ether oxygens (including phenoxy) is 2. The summed E-state index contributed by atoms with van der Waals surface area (Å²) in [5, 5.41) is 6.94. The molecule has 6 nitrogen and oxygen atoms in total. The quantitative estimate of drug-likeness (QED) is 0.305. The van der Waals surface area contributed by atoms with Crippen molar-refractivity contribution in [2.75, 3.05) is 46.5 Å². The Bertz CT molecular complexity index is 825. The summed E-state index contributed by atoms with van der Waals surface area (Å²) in [6.45, 7) is 9.67. The lowest BCUT2D eigenvalue weighted by Gasteiger charge is -2.35. The Labute approximate surface area is 203 Å². The average Bonchev–Trinajstić information content (AvgIpc) is 2.78. The third-order valence-corrected chi connectivity index (χ3v) is 5.32. The molecule has 1 aliphatic rings. The van der Waals surface area contributed by atoms with Crippen molar-refractivity contribution in [2.45, 2.75) is 26.4 Å². The zero-order valence-electron chi connectivity index (χ0n) is 18.8. The van der Waals surface area contributed by atoms with E-state index in [1.54, 1.807) is 7.05 Å². The normalized spacial score (nSPS) is 15.6. The summed E-state index contributed by atoms with van der Waals surface area (Å²) >= 11 is 0. The minimum Gasteiger partial charge on any atom is -0.494 e. The molecule has 0 amide bonds. The standard InChI is InChI=1S/C24H34N4O2.HI/c1-4-30-23-11-6-5-9-21(23)17-26-24(25-3)27-18-22(28-12-14-29-15-13-28)20-10-7-8-19(2)16-20;/h5-11,16,22H,4,12-15,17-18H2,1-3H3,(H2,25,26,27);1H. The van der Waals surface area contributed by atoms with Crippen LogP contribution in [-0.4, -0.2) is 57.4 Å². The van der Waals surface area contributed by atoms with E-state index in [1.807, 2.05) is 25.1 Å². The maximum Gasteiger partial charge on any atom is 0.191 e. The molecule has 1 saturated heterocycles. The van der Waals surface area contributed by atoms with Gasteiger partial charge in [0.2, 0.25) is 0 Å². The number of hydrogen-bond donors (Lipinski definition) is 2. The van der Waals surface area contributed by atoms with Gasteiger partial charge in [-0.15, -0.1) is 24.0 Å². The van der Waals surface area contributed by atoms with Gasteiger partial charge in [0.05, 0.1) is 25.9 Å². The smallest absolute Gasteiger partial charge is 0.191 e. The number of para-hydroxylation sites is 1. The van der Waals surface area contributed by atoms with Crippen molar-refractivity contribution in [2.24, 2.45) is 4.99 Å². The van der Waals surface area contributed by atoms with Crippen LogP contribution in [0.4, 0.5) is 0 Å². The molecule has 1 aliphatic heterocycles. The molecule has 1 fully saturated rings. The van der Waals surface area contributed by atoms with Gasteiger partial charge in [0.15, 0.2) is 5.96 Å². The molecule has 2 N–H and O–H groups in total. The van der Waals surface area contributed by atoms with Crippen molar-refractivity contribution in [3.8, 4) is 5.75 Å². The third-order valence-electron chi connectivity index (χ3n) is 5.32. The first-order valence-electron chi connectivity index (χ1n) is 10.7. The minimum absolute atomic E-state index is 0. The maximum atomic E-state index is 5.73. The van der Waals surface area contributed by atoms with Crippen molar-refractivity contribution in [3.05, 3.63) is 65.2 Å². The predicted molar refractivity (Wildman–Crippen MR) is 138 cm³/mol. The second kappa shape index (κ2) is 13.5. The number of rotatable bonds is 8. The summed E-state index contributed by atoms with van der Waals surface area (Å²) in [4.78, 5) is 6.91. The van der Waals surface area contributed by atoms with Gasteiger partial charge in [-0.25, -0.2) is 0 Å². The van der Waals surface area contributed by atoms with Gasteiger partial charge < -0.3 is 20.1 Å². The number of aryl methyl sites for hydroxylation is 1. The summed E-state index contributed by atoms with van der Waals surface area (Å²) < 4.78 is 11.3. The lowest BCUT2D eigenvalue weighted by Crippen LogP contribution is -2.46. The molecular weight excluding hydrogens is 503 g/mol. The molecule has 7 heteroatoms. The molecule has 1 heterocycles. The molecule has 3 rings (SSSR count). The zero-order chi connectivity index (χ0) is 21.2. The van der Waals surface area contributed by atoms with Gasteiger partial charge in [0.25, 0.3) is 0 Å². The van der Waals surface area contributed by atoms with E-state index >= 15 is 0 Å². The van der Waals surface area contributed by atoms with Gasteiger partial charge in [0.1, 0.15) is 5.75 Å². The number of halogens is 1. The van der Waals surface area contributed by atoms with Crippen molar-refractivity contribution in [1.29, 1.82) is 0 Å². The molecule has 0 radical (unpaired) electrons. The third kappa shape index (κ3) is 7.66. The number of benzene rings is 2. The number of morpholine rings is 1. The van der Waals surface area contributed by atoms with Crippen LogP contribution in [0, 0.1) is 6.92 Å². The molecule has 0 spiro atoms. The first-order chi connectivity index (χ1) is 14.7. The van der Waals surface area contributed by atoms with Crippen LogP contribution in [0.5, 0.6) is 5.75 Å². The van der Waals surface area contributed by atoms with Crippen LogP contribution in [0.1, 0.15) is 29.7 Å². The first-order valence-corrected chi connectivity index (χ1v) is 10.7. The Hall–Kier alpha value is -1.84. The lowest BCUT2D eigenvalue weighted by molar-refractivity contribution is 0.0170. The van der Waals surface area contributed by atoms with Crippen LogP contribution < -0.4 is 15.4 Å². The Morgan fingerprint density at radius 1 is 1.13 bits per heavy atom. The van der Waals surface area contributed by atoms with E-state index in [2.05, 4.69) is 57.8 Å². The molecule has 31 heavy (non-hydrogen) atoms. The lowest BCUT2D eigenvalue weighted by atomic mass is 10.0. The van der Waals surface area contributed by atoms with Crippen LogP contribution in [0.15, 0.2) is 53.5 Å². The number of aliphatic imine (C=N–C) groups is 1. The Balaban J connectivity index is 0.00000341. The highest BCUT2D eigenvalue weighted by Gasteiger charge is 2.23. The molecule has 2 aromatic carbocycles.